The normalized spacial score (nSPS) is 28.3. The van der Waals surface area contributed by atoms with Gasteiger partial charge in [0.1, 0.15) is 5.78 Å². The van der Waals surface area contributed by atoms with Crippen LogP contribution in [-0.4, -0.2) is 91.8 Å². The van der Waals surface area contributed by atoms with Crippen molar-refractivity contribution in [2.75, 3.05) is 13.7 Å². The molecular weight excluding hydrogens is 607 g/mol. The zero-order valence-electron chi connectivity index (χ0n) is 27.6. The Morgan fingerprint density at radius 2 is 1.60 bits per heavy atom. The van der Waals surface area contributed by atoms with Crippen molar-refractivity contribution in [3.63, 3.8) is 0 Å². The van der Waals surface area contributed by atoms with Gasteiger partial charge in [-0.25, -0.2) is 4.98 Å². The van der Waals surface area contributed by atoms with Crippen molar-refractivity contribution in [3.8, 4) is 5.19 Å². The monoisotopic (exact) mass is 659 g/mol. The Hall–Kier alpha value is -0.779. The minimum absolute atomic E-state index is 0.0742. The number of methoxy groups -OCH3 is 1. The lowest BCUT2D eigenvalue weighted by molar-refractivity contribution is -0.158. The molecule has 0 saturated carbocycles. The number of hydrogen-bond donors (Lipinski definition) is 0. The molecule has 0 aliphatic carbocycles. The maximum Gasteiger partial charge on any atom is 0.273 e. The van der Waals surface area contributed by atoms with E-state index in [1.54, 1.807) is 0 Å². The molecule has 240 valence electrons. The van der Waals surface area contributed by atoms with Gasteiger partial charge in [0.05, 0.1) is 61.7 Å². The second kappa shape index (κ2) is 14.1. The maximum absolute atomic E-state index is 13.2. The molecule has 2 aliphatic rings. The van der Waals surface area contributed by atoms with Gasteiger partial charge in [0, 0.05) is 30.8 Å². The molecule has 0 bridgehead atoms. The molecule has 0 N–H and O–H groups in total. The molecule has 42 heavy (non-hydrogen) atoms. The minimum Gasteiger partial charge on any atom is -0.473 e. The maximum atomic E-state index is 13.2. The molecule has 3 rings (SSSR count). The molecular formula is C29H53NO8SSi3. The number of ketones is 2. The van der Waals surface area contributed by atoms with Crippen LogP contribution < -0.4 is 4.74 Å². The fourth-order valence-corrected chi connectivity index (χ4v) is 9.74. The molecule has 13 heteroatoms. The van der Waals surface area contributed by atoms with Crippen LogP contribution in [0, 0.1) is 11.8 Å². The van der Waals surface area contributed by atoms with E-state index < -0.39 is 25.0 Å². The molecule has 0 unspecified atom stereocenters. The van der Waals surface area contributed by atoms with E-state index >= 15 is 0 Å². The highest BCUT2D eigenvalue weighted by Gasteiger charge is 2.52. The summed E-state index contributed by atoms with van der Waals surface area (Å²) in [5.74, 6) is -0.305. The molecule has 0 radical (unpaired) electrons. The largest absolute Gasteiger partial charge is 0.473 e. The van der Waals surface area contributed by atoms with Gasteiger partial charge < -0.3 is 27.5 Å². The van der Waals surface area contributed by atoms with Gasteiger partial charge in [0.2, 0.25) is 0 Å². The topological polar surface area (TPSA) is 106 Å². The number of epoxide rings is 1. The summed E-state index contributed by atoms with van der Waals surface area (Å²) in [6.45, 7) is 24.3. The van der Waals surface area contributed by atoms with E-state index in [0.29, 0.717) is 23.1 Å². The van der Waals surface area contributed by atoms with Crippen LogP contribution in [0.4, 0.5) is 0 Å². The Kier molecular flexibility index (Phi) is 12.0. The number of ether oxygens (including phenoxy) is 3. The molecule has 1 aromatic heterocycles. The SMILES string of the molecule is COc1ncc(C(=O)CC(=O)C[C@H]2CO[C@@H](C[C@@H]3O[C@H]3[C@H](C)[C@H](C)O[Si](C)(C)C)[C@@H](O[Si](C)(C)C)[C@@H]2O[Si](C)(C)C)s1. The number of rotatable bonds is 16. The van der Waals surface area contributed by atoms with Crippen molar-refractivity contribution >= 4 is 47.9 Å². The van der Waals surface area contributed by atoms with Gasteiger partial charge in [-0.2, -0.15) is 0 Å². The summed E-state index contributed by atoms with van der Waals surface area (Å²) >= 11 is 1.15. The van der Waals surface area contributed by atoms with Crippen LogP contribution in [0.2, 0.25) is 58.9 Å². The lowest BCUT2D eigenvalue weighted by Crippen LogP contribution is -2.58. The average molecular weight is 660 g/mol. The summed E-state index contributed by atoms with van der Waals surface area (Å²) in [6.07, 6.45) is 1.70. The summed E-state index contributed by atoms with van der Waals surface area (Å²) in [6, 6.07) is 0. The first-order valence-corrected chi connectivity index (χ1v) is 26.2. The second-order valence-electron chi connectivity index (χ2n) is 14.7. The first-order chi connectivity index (χ1) is 19.3. The number of hydrogen-bond acceptors (Lipinski definition) is 10. The summed E-state index contributed by atoms with van der Waals surface area (Å²) in [5, 5.41) is 0.404. The summed E-state index contributed by atoms with van der Waals surface area (Å²) in [5.41, 5.74) is 0. The van der Waals surface area contributed by atoms with Gasteiger partial charge in [0.15, 0.2) is 30.7 Å². The van der Waals surface area contributed by atoms with Crippen molar-refractivity contribution in [1.29, 1.82) is 0 Å². The average Bonchev–Trinajstić information content (AvgIpc) is 3.41. The van der Waals surface area contributed by atoms with Crippen LogP contribution in [0.25, 0.3) is 0 Å². The third kappa shape index (κ3) is 11.0. The molecule has 3 heterocycles. The van der Waals surface area contributed by atoms with Gasteiger partial charge in [-0.1, -0.05) is 18.3 Å². The molecule has 0 amide bonds. The van der Waals surface area contributed by atoms with Crippen LogP contribution in [0.3, 0.4) is 0 Å². The molecule has 9 nitrogen and oxygen atoms in total. The van der Waals surface area contributed by atoms with Gasteiger partial charge in [-0.3, -0.25) is 9.59 Å². The van der Waals surface area contributed by atoms with Crippen molar-refractivity contribution in [3.05, 3.63) is 11.1 Å². The Labute approximate surface area is 259 Å². The zero-order valence-corrected chi connectivity index (χ0v) is 31.5. The van der Waals surface area contributed by atoms with Crippen LogP contribution in [0.1, 0.15) is 42.8 Å². The fraction of sp³-hybridized carbons (Fsp3) is 0.828. The summed E-state index contributed by atoms with van der Waals surface area (Å²) in [4.78, 5) is 30.5. The van der Waals surface area contributed by atoms with Crippen LogP contribution >= 0.6 is 11.3 Å². The highest BCUT2D eigenvalue weighted by Crippen LogP contribution is 2.40. The predicted octanol–water partition coefficient (Wildman–Crippen LogP) is 6.17. The molecule has 0 aromatic carbocycles. The van der Waals surface area contributed by atoms with Crippen molar-refractivity contribution < 1.29 is 37.1 Å². The van der Waals surface area contributed by atoms with E-state index in [1.165, 1.54) is 13.3 Å². The second-order valence-corrected chi connectivity index (χ2v) is 29.1. The minimum atomic E-state index is -2.03. The van der Waals surface area contributed by atoms with Crippen LogP contribution in [-0.2, 0) is 27.5 Å². The predicted molar refractivity (Wildman–Crippen MR) is 173 cm³/mol. The zero-order chi connectivity index (χ0) is 31.6. The highest BCUT2D eigenvalue weighted by atomic mass is 32.1. The highest BCUT2D eigenvalue weighted by molar-refractivity contribution is 7.15. The Bertz CT molecular complexity index is 1070. The molecule has 1 aromatic rings. The van der Waals surface area contributed by atoms with Gasteiger partial charge in [-0.05, 0) is 65.8 Å². The molecule has 2 saturated heterocycles. The molecule has 2 fully saturated rings. The first-order valence-electron chi connectivity index (χ1n) is 15.1. The van der Waals surface area contributed by atoms with E-state index in [9.17, 15) is 9.59 Å². The Morgan fingerprint density at radius 3 is 2.14 bits per heavy atom. The third-order valence-corrected chi connectivity index (χ3v) is 11.4. The van der Waals surface area contributed by atoms with Crippen molar-refractivity contribution in [2.24, 2.45) is 11.8 Å². The number of nitrogens with zero attached hydrogens (tertiary/aromatic N) is 1. The number of Topliss-reactive ketones (excluding diaryl/α,β-unsaturated/α-hetero) is 2. The Morgan fingerprint density at radius 1 is 0.976 bits per heavy atom. The van der Waals surface area contributed by atoms with Crippen LogP contribution in [0.5, 0.6) is 5.19 Å². The standard InChI is InChI=1S/C29H53NO8SSi3/c1-18(19(2)36-40(4,5)6)26-24(35-26)15-23-28(38-42(10,11)12)27(37-41(7,8)9)20(17-34-23)13-21(31)14-22(32)25-16-30-29(33-3)39-25/h16,18-20,23-24,26-28H,13-15,17H2,1-12H3/t18-,19+,20+,23+,24+,26+,27-,28-/m1/s1. The number of aromatic nitrogens is 1. The molecule has 0 spiro atoms. The van der Waals surface area contributed by atoms with E-state index in [0.717, 1.165) is 11.3 Å². The lowest BCUT2D eigenvalue weighted by Gasteiger charge is -2.47. The van der Waals surface area contributed by atoms with Crippen LogP contribution in [0.15, 0.2) is 6.20 Å². The molecule has 8 atom stereocenters. The smallest absolute Gasteiger partial charge is 0.273 e. The number of carbonyl (C=O) groups is 2. The van der Waals surface area contributed by atoms with E-state index in [2.05, 4.69) is 77.8 Å². The quantitative estimate of drug-likeness (QED) is 0.0891. The lowest BCUT2D eigenvalue weighted by atomic mass is 9.86. The fourth-order valence-electron chi connectivity index (χ4n) is 5.50. The third-order valence-electron chi connectivity index (χ3n) is 7.32. The van der Waals surface area contributed by atoms with Gasteiger partial charge in [0.25, 0.3) is 5.19 Å². The Balaban J connectivity index is 1.73. The molecule has 2 aliphatic heterocycles. The number of carbonyl (C=O) groups excluding carboxylic acids is 2. The van der Waals surface area contributed by atoms with Crippen molar-refractivity contribution in [1.82, 2.24) is 4.98 Å². The van der Waals surface area contributed by atoms with E-state index in [4.69, 9.17) is 27.5 Å². The summed E-state index contributed by atoms with van der Waals surface area (Å²) in [7, 11) is -4.19. The van der Waals surface area contributed by atoms with Crippen molar-refractivity contribution in [2.45, 2.75) is 129 Å². The van der Waals surface area contributed by atoms with E-state index in [1.807, 2.05) is 0 Å². The van der Waals surface area contributed by atoms with Gasteiger partial charge in [-0.15, -0.1) is 0 Å². The van der Waals surface area contributed by atoms with E-state index in [-0.39, 0.29) is 72.9 Å². The number of thiazole rings is 1. The van der Waals surface area contributed by atoms with Gasteiger partial charge >= 0.3 is 0 Å². The first kappa shape index (κ1) is 35.7. The summed E-state index contributed by atoms with van der Waals surface area (Å²) < 4.78 is 37.7.